The molecule has 0 bridgehead atoms. The molecule has 3 aromatic rings. The number of halogens is 9. The lowest BCUT2D eigenvalue weighted by atomic mass is 9.92. The third-order valence-electron chi connectivity index (χ3n) is 4.94. The Morgan fingerprint density at radius 1 is 0.824 bits per heavy atom. The summed E-state index contributed by atoms with van der Waals surface area (Å²) in [6, 6.07) is 11.2. The molecule has 3 rings (SSSR count). The maximum atomic E-state index is 15.4. The van der Waals surface area contributed by atoms with Crippen LogP contribution in [0.25, 0.3) is 22.3 Å². The van der Waals surface area contributed by atoms with E-state index >= 15 is 4.39 Å². The number of hydrogen-bond acceptors (Lipinski definition) is 1. The Labute approximate surface area is 188 Å². The molecule has 0 aromatic heterocycles. The summed E-state index contributed by atoms with van der Waals surface area (Å²) in [5.74, 6) is -6.53. The lowest BCUT2D eigenvalue weighted by Gasteiger charge is -2.24. The first-order chi connectivity index (χ1) is 15.9. The van der Waals surface area contributed by atoms with Gasteiger partial charge in [-0.25, -0.2) is 17.6 Å². The van der Waals surface area contributed by atoms with Crippen molar-refractivity contribution in [3.63, 3.8) is 0 Å². The molecule has 0 aliphatic rings. The fourth-order valence-corrected chi connectivity index (χ4v) is 3.37. The van der Waals surface area contributed by atoms with Gasteiger partial charge in [-0.2, -0.15) is 22.0 Å². The highest BCUT2D eigenvalue weighted by Gasteiger charge is 2.59. The van der Waals surface area contributed by atoms with E-state index in [-0.39, 0.29) is 11.1 Å². The zero-order valence-electron chi connectivity index (χ0n) is 17.5. The van der Waals surface area contributed by atoms with Crippen LogP contribution in [0.1, 0.15) is 18.9 Å². The van der Waals surface area contributed by atoms with Gasteiger partial charge in [0.1, 0.15) is 5.82 Å². The van der Waals surface area contributed by atoms with E-state index in [2.05, 4.69) is 4.74 Å². The smallest absolute Gasteiger partial charge is 0.424 e. The highest BCUT2D eigenvalue weighted by atomic mass is 19.4. The molecule has 0 heterocycles. The second-order valence-corrected chi connectivity index (χ2v) is 7.42. The van der Waals surface area contributed by atoms with Crippen LogP contribution in [0.5, 0.6) is 5.75 Å². The van der Waals surface area contributed by atoms with Gasteiger partial charge in [0.25, 0.3) is 6.17 Å². The van der Waals surface area contributed by atoms with Crippen LogP contribution in [0.15, 0.2) is 54.6 Å². The molecule has 1 atom stereocenters. The monoisotopic (exact) mass is 492 g/mol. The maximum Gasteiger partial charge on any atom is 0.439 e. The molecule has 10 heteroatoms. The van der Waals surface area contributed by atoms with E-state index in [4.69, 9.17) is 0 Å². The molecule has 34 heavy (non-hydrogen) atoms. The van der Waals surface area contributed by atoms with Crippen LogP contribution in [-0.2, 0) is 6.42 Å². The third-order valence-corrected chi connectivity index (χ3v) is 4.94. The molecule has 0 amide bonds. The largest absolute Gasteiger partial charge is 0.439 e. The number of aryl methyl sites for hydroxylation is 1. The molecule has 0 spiro atoms. The summed E-state index contributed by atoms with van der Waals surface area (Å²) in [5, 5.41) is 0. The van der Waals surface area contributed by atoms with Crippen molar-refractivity contribution in [2.24, 2.45) is 0 Å². The van der Waals surface area contributed by atoms with E-state index in [1.165, 1.54) is 30.3 Å². The van der Waals surface area contributed by atoms with E-state index in [1.54, 1.807) is 12.1 Å². The van der Waals surface area contributed by atoms with Crippen molar-refractivity contribution in [3.8, 4) is 28.0 Å². The molecule has 0 fully saturated rings. The Hall–Kier alpha value is -3.17. The fourth-order valence-electron chi connectivity index (χ4n) is 3.37. The van der Waals surface area contributed by atoms with Crippen molar-refractivity contribution in [2.75, 3.05) is 0 Å². The Morgan fingerprint density at radius 2 is 1.44 bits per heavy atom. The normalized spacial score (nSPS) is 13.1. The van der Waals surface area contributed by atoms with E-state index in [0.717, 1.165) is 18.1 Å². The number of alkyl halides is 6. The Kier molecular flexibility index (Phi) is 7.18. The summed E-state index contributed by atoms with van der Waals surface area (Å²) in [5.41, 5.74) is -0.502. The average Bonchev–Trinajstić information content (AvgIpc) is 2.76. The summed E-state index contributed by atoms with van der Waals surface area (Å²) in [4.78, 5) is 0. The molecule has 182 valence electrons. The molecule has 0 radical (unpaired) electrons. The Bertz CT molecular complexity index is 1150. The van der Waals surface area contributed by atoms with Gasteiger partial charge in [0.2, 0.25) is 0 Å². The lowest BCUT2D eigenvalue weighted by molar-refractivity contribution is -0.306. The summed E-state index contributed by atoms with van der Waals surface area (Å²) in [6.07, 6.45) is -15.1. The van der Waals surface area contributed by atoms with E-state index in [9.17, 15) is 35.1 Å². The molecule has 0 aliphatic heterocycles. The fraction of sp³-hybridized carbons (Fsp3) is 0.250. The molecular weight excluding hydrogens is 475 g/mol. The minimum Gasteiger partial charge on any atom is -0.424 e. The second-order valence-electron chi connectivity index (χ2n) is 7.42. The number of ether oxygens (including phenoxy) is 1. The van der Waals surface area contributed by atoms with Gasteiger partial charge < -0.3 is 4.74 Å². The predicted molar refractivity (Wildman–Crippen MR) is 108 cm³/mol. The van der Waals surface area contributed by atoms with E-state index in [1.807, 2.05) is 6.92 Å². The topological polar surface area (TPSA) is 9.23 Å². The van der Waals surface area contributed by atoms with Crippen LogP contribution in [-0.4, -0.2) is 18.5 Å². The minimum absolute atomic E-state index is 0.0172. The van der Waals surface area contributed by atoms with Gasteiger partial charge in [0.05, 0.1) is 0 Å². The van der Waals surface area contributed by atoms with Gasteiger partial charge in [-0.3, -0.25) is 0 Å². The van der Waals surface area contributed by atoms with Crippen molar-refractivity contribution >= 4 is 0 Å². The predicted octanol–water partition coefficient (Wildman–Crippen LogP) is 8.26. The Balaban J connectivity index is 2.23. The zero-order valence-corrected chi connectivity index (χ0v) is 17.5. The molecule has 1 nitrogen and oxygen atoms in total. The van der Waals surface area contributed by atoms with Crippen LogP contribution >= 0.6 is 0 Å². The molecule has 3 aromatic carbocycles. The first-order valence-corrected chi connectivity index (χ1v) is 10.0. The van der Waals surface area contributed by atoms with Crippen molar-refractivity contribution in [2.45, 2.75) is 38.2 Å². The number of benzene rings is 3. The third kappa shape index (κ3) is 5.15. The van der Waals surface area contributed by atoms with Gasteiger partial charge in [-0.15, -0.1) is 0 Å². The van der Waals surface area contributed by atoms with Crippen molar-refractivity contribution in [1.82, 2.24) is 0 Å². The minimum atomic E-state index is -6.05. The van der Waals surface area contributed by atoms with Crippen molar-refractivity contribution < 1.29 is 44.3 Å². The van der Waals surface area contributed by atoms with Gasteiger partial charge in [0.15, 0.2) is 17.4 Å². The maximum absolute atomic E-state index is 15.4. The zero-order chi connectivity index (χ0) is 25.3. The molecule has 0 N–H and O–H groups in total. The lowest BCUT2D eigenvalue weighted by Crippen LogP contribution is -2.46. The molecule has 0 saturated heterocycles. The van der Waals surface area contributed by atoms with Crippen molar-refractivity contribution in [1.29, 1.82) is 0 Å². The second kappa shape index (κ2) is 9.60. The summed E-state index contributed by atoms with van der Waals surface area (Å²) in [6.45, 7) is 1.91. The standard InChI is InChI=1S/C24H17F9O/c1-2-5-13-8-10-14(11-9-13)19-16(15-6-3-4-7-17(15)25)12-18(26)21(20(19)27)34-24(32,33)22(28)23(29,30)31/h3-4,6-12,22H,2,5H2,1H3. The highest BCUT2D eigenvalue weighted by Crippen LogP contribution is 2.44. The first kappa shape index (κ1) is 25.5. The van der Waals surface area contributed by atoms with Crippen LogP contribution in [0.2, 0.25) is 0 Å². The van der Waals surface area contributed by atoms with Crippen LogP contribution in [0, 0.1) is 17.5 Å². The molecular formula is C24H17F9O. The highest BCUT2D eigenvalue weighted by molar-refractivity contribution is 5.85. The van der Waals surface area contributed by atoms with Crippen LogP contribution in [0.3, 0.4) is 0 Å². The van der Waals surface area contributed by atoms with Crippen LogP contribution < -0.4 is 4.74 Å². The SMILES string of the molecule is CCCc1ccc(-c2c(-c3ccccc3F)cc(F)c(OC(F)(F)C(F)C(F)(F)F)c2F)cc1. The van der Waals surface area contributed by atoms with Crippen LogP contribution in [0.4, 0.5) is 39.5 Å². The summed E-state index contributed by atoms with van der Waals surface area (Å²) < 4.78 is 126. The van der Waals surface area contributed by atoms with Gasteiger partial charge in [0, 0.05) is 11.1 Å². The van der Waals surface area contributed by atoms with Gasteiger partial charge >= 0.3 is 12.3 Å². The van der Waals surface area contributed by atoms with E-state index < -0.39 is 52.8 Å². The quantitative estimate of drug-likeness (QED) is 0.302. The first-order valence-electron chi connectivity index (χ1n) is 10.0. The summed E-state index contributed by atoms with van der Waals surface area (Å²) in [7, 11) is 0. The average molecular weight is 492 g/mol. The number of rotatable bonds is 7. The molecule has 0 aliphatic carbocycles. The van der Waals surface area contributed by atoms with Gasteiger partial charge in [-0.1, -0.05) is 55.8 Å². The van der Waals surface area contributed by atoms with Crippen molar-refractivity contribution in [3.05, 3.63) is 77.6 Å². The molecule has 0 saturated carbocycles. The van der Waals surface area contributed by atoms with E-state index in [0.29, 0.717) is 12.5 Å². The Morgan fingerprint density at radius 3 is 2.00 bits per heavy atom. The van der Waals surface area contributed by atoms with Gasteiger partial charge in [-0.05, 0) is 35.2 Å². The summed E-state index contributed by atoms with van der Waals surface area (Å²) >= 11 is 0. The molecule has 1 unspecified atom stereocenters. The number of hydrogen-bond donors (Lipinski definition) is 0.